The molecule has 1 aromatic heterocycles. The highest BCUT2D eigenvalue weighted by molar-refractivity contribution is 6.30. The molecule has 1 fully saturated rings. The van der Waals surface area contributed by atoms with E-state index < -0.39 is 0 Å². The summed E-state index contributed by atoms with van der Waals surface area (Å²) in [5, 5.41) is 4.60. The second-order valence-corrected chi connectivity index (χ2v) is 7.56. The average Bonchev–Trinajstić information content (AvgIpc) is 3.24. The van der Waals surface area contributed by atoms with E-state index in [0.29, 0.717) is 61.3 Å². The van der Waals surface area contributed by atoms with E-state index in [-0.39, 0.29) is 17.8 Å². The molecule has 1 amide bonds. The summed E-state index contributed by atoms with van der Waals surface area (Å²) in [7, 11) is 0. The number of hydrogen-bond donors (Lipinski definition) is 0. The smallest absolute Gasteiger partial charge is 0.226 e. The SMILES string of the molecule is O=C(CCCc1nc(-c2ccc(F)cc2)no1)N1CCOC(c2ccc(Cl)cc2)C1. The fraction of sp³-hybridized carbons (Fsp3) is 0.318. The lowest BCUT2D eigenvalue weighted by Crippen LogP contribution is -2.42. The normalized spacial score (nSPS) is 16.6. The minimum absolute atomic E-state index is 0.0792. The lowest BCUT2D eigenvalue weighted by molar-refractivity contribution is -0.139. The summed E-state index contributed by atoms with van der Waals surface area (Å²) in [6.07, 6.45) is 1.36. The maximum Gasteiger partial charge on any atom is 0.226 e. The summed E-state index contributed by atoms with van der Waals surface area (Å²) >= 11 is 5.94. The Kier molecular flexibility index (Phi) is 6.40. The first-order valence-electron chi connectivity index (χ1n) is 9.82. The molecule has 0 radical (unpaired) electrons. The molecule has 0 bridgehead atoms. The van der Waals surface area contributed by atoms with Crippen molar-refractivity contribution in [1.29, 1.82) is 0 Å². The van der Waals surface area contributed by atoms with E-state index in [9.17, 15) is 9.18 Å². The van der Waals surface area contributed by atoms with Crippen LogP contribution in [0.15, 0.2) is 53.1 Å². The maximum atomic E-state index is 13.0. The molecule has 1 aliphatic rings. The van der Waals surface area contributed by atoms with Gasteiger partial charge >= 0.3 is 0 Å². The van der Waals surface area contributed by atoms with E-state index in [0.717, 1.165) is 5.56 Å². The van der Waals surface area contributed by atoms with Crippen molar-refractivity contribution in [2.75, 3.05) is 19.7 Å². The zero-order chi connectivity index (χ0) is 20.9. The summed E-state index contributed by atoms with van der Waals surface area (Å²) in [5.74, 6) is 0.636. The van der Waals surface area contributed by atoms with Crippen LogP contribution in [0.5, 0.6) is 0 Å². The molecule has 1 unspecified atom stereocenters. The molecule has 8 heteroatoms. The van der Waals surface area contributed by atoms with Crippen LogP contribution in [0.4, 0.5) is 4.39 Å². The molecule has 1 saturated heterocycles. The van der Waals surface area contributed by atoms with Gasteiger partial charge in [0.25, 0.3) is 0 Å². The first-order valence-corrected chi connectivity index (χ1v) is 10.2. The van der Waals surface area contributed by atoms with Gasteiger partial charge in [-0.05, 0) is 48.4 Å². The zero-order valence-electron chi connectivity index (χ0n) is 16.3. The van der Waals surface area contributed by atoms with Gasteiger partial charge in [-0.2, -0.15) is 4.98 Å². The number of rotatable bonds is 6. The van der Waals surface area contributed by atoms with Gasteiger partial charge in [0.1, 0.15) is 11.9 Å². The number of carbonyl (C=O) groups is 1. The second-order valence-electron chi connectivity index (χ2n) is 7.12. The van der Waals surface area contributed by atoms with E-state index in [1.165, 1.54) is 12.1 Å². The predicted molar refractivity (Wildman–Crippen MR) is 109 cm³/mol. The van der Waals surface area contributed by atoms with Crippen molar-refractivity contribution in [1.82, 2.24) is 15.0 Å². The number of aromatic nitrogens is 2. The standard InChI is InChI=1S/C22H21ClFN3O3/c23-17-8-4-15(5-9-17)19-14-27(12-13-29-19)21(28)3-1-2-20-25-22(26-30-20)16-6-10-18(24)11-7-16/h4-11,19H,1-3,12-14H2. The Hall–Kier alpha value is -2.77. The van der Waals surface area contributed by atoms with Crippen LogP contribution in [0.1, 0.15) is 30.4 Å². The number of amides is 1. The van der Waals surface area contributed by atoms with E-state index in [1.54, 1.807) is 12.1 Å². The van der Waals surface area contributed by atoms with Crippen LogP contribution in [-0.4, -0.2) is 40.6 Å². The Balaban J connectivity index is 1.27. The largest absolute Gasteiger partial charge is 0.370 e. The number of benzene rings is 2. The van der Waals surface area contributed by atoms with Crippen LogP contribution in [-0.2, 0) is 16.0 Å². The van der Waals surface area contributed by atoms with E-state index in [2.05, 4.69) is 10.1 Å². The number of morpholine rings is 1. The zero-order valence-corrected chi connectivity index (χ0v) is 17.0. The van der Waals surface area contributed by atoms with Gasteiger partial charge in [0.05, 0.1) is 13.2 Å². The molecular weight excluding hydrogens is 409 g/mol. The Morgan fingerprint density at radius 1 is 1.17 bits per heavy atom. The lowest BCUT2D eigenvalue weighted by atomic mass is 10.1. The molecule has 2 heterocycles. The Labute approximate surface area is 178 Å². The molecule has 3 aromatic rings. The molecule has 0 saturated carbocycles. The number of ether oxygens (including phenoxy) is 1. The molecule has 6 nitrogen and oxygen atoms in total. The fourth-order valence-corrected chi connectivity index (χ4v) is 3.50. The van der Waals surface area contributed by atoms with Crippen molar-refractivity contribution >= 4 is 17.5 Å². The van der Waals surface area contributed by atoms with Crippen LogP contribution in [0.25, 0.3) is 11.4 Å². The highest BCUT2D eigenvalue weighted by atomic mass is 35.5. The van der Waals surface area contributed by atoms with Gasteiger partial charge in [-0.25, -0.2) is 4.39 Å². The first kappa shape index (κ1) is 20.5. The fourth-order valence-electron chi connectivity index (χ4n) is 3.38. The molecule has 2 aromatic carbocycles. The van der Waals surface area contributed by atoms with Gasteiger partial charge in [-0.15, -0.1) is 0 Å². The summed E-state index contributed by atoms with van der Waals surface area (Å²) in [6.45, 7) is 1.61. The molecule has 0 spiro atoms. The molecule has 4 rings (SSSR count). The van der Waals surface area contributed by atoms with Gasteiger partial charge in [-0.1, -0.05) is 28.9 Å². The summed E-state index contributed by atoms with van der Waals surface area (Å²) < 4.78 is 24.1. The van der Waals surface area contributed by atoms with Crippen LogP contribution in [0, 0.1) is 5.82 Å². The molecule has 0 aliphatic carbocycles. The van der Waals surface area contributed by atoms with Crippen molar-refractivity contribution in [2.45, 2.75) is 25.4 Å². The van der Waals surface area contributed by atoms with E-state index in [4.69, 9.17) is 20.9 Å². The second kappa shape index (κ2) is 9.36. The molecule has 30 heavy (non-hydrogen) atoms. The van der Waals surface area contributed by atoms with Gasteiger partial charge in [-0.3, -0.25) is 4.79 Å². The van der Waals surface area contributed by atoms with Gasteiger partial charge in [0.2, 0.25) is 17.6 Å². The third-order valence-corrected chi connectivity index (χ3v) is 5.26. The van der Waals surface area contributed by atoms with Crippen molar-refractivity contribution < 1.29 is 18.4 Å². The predicted octanol–water partition coefficient (Wildman–Crippen LogP) is 4.45. The molecular formula is C22H21ClFN3O3. The van der Waals surface area contributed by atoms with Gasteiger partial charge < -0.3 is 14.2 Å². The third-order valence-electron chi connectivity index (χ3n) is 5.01. The summed E-state index contributed by atoms with van der Waals surface area (Å²) in [6, 6.07) is 13.4. The number of nitrogens with zero attached hydrogens (tertiary/aromatic N) is 3. The topological polar surface area (TPSA) is 68.5 Å². The quantitative estimate of drug-likeness (QED) is 0.579. The average molecular weight is 430 g/mol. The molecule has 0 N–H and O–H groups in total. The molecule has 1 aliphatic heterocycles. The Morgan fingerprint density at radius 3 is 2.70 bits per heavy atom. The first-order chi connectivity index (χ1) is 14.6. The Morgan fingerprint density at radius 2 is 1.93 bits per heavy atom. The summed E-state index contributed by atoms with van der Waals surface area (Å²) in [5.41, 5.74) is 1.69. The summed E-state index contributed by atoms with van der Waals surface area (Å²) in [4.78, 5) is 18.8. The van der Waals surface area contributed by atoms with Gasteiger partial charge in [0.15, 0.2) is 0 Å². The maximum absolute atomic E-state index is 13.0. The molecule has 1 atom stereocenters. The van der Waals surface area contributed by atoms with Crippen molar-refractivity contribution in [3.05, 3.63) is 70.8 Å². The monoisotopic (exact) mass is 429 g/mol. The number of halogens is 2. The van der Waals surface area contributed by atoms with Crippen LogP contribution < -0.4 is 0 Å². The number of carbonyl (C=O) groups excluding carboxylic acids is 1. The minimum Gasteiger partial charge on any atom is -0.370 e. The highest BCUT2D eigenvalue weighted by Gasteiger charge is 2.25. The number of aryl methyl sites for hydroxylation is 1. The third kappa shape index (κ3) is 5.04. The van der Waals surface area contributed by atoms with Gasteiger partial charge in [0, 0.05) is 30.0 Å². The number of hydrogen-bond acceptors (Lipinski definition) is 5. The molecule has 156 valence electrons. The van der Waals surface area contributed by atoms with Crippen LogP contribution in [0.3, 0.4) is 0 Å². The van der Waals surface area contributed by atoms with E-state index in [1.807, 2.05) is 29.2 Å². The van der Waals surface area contributed by atoms with Crippen LogP contribution >= 0.6 is 11.6 Å². The van der Waals surface area contributed by atoms with Crippen molar-refractivity contribution in [3.63, 3.8) is 0 Å². The highest BCUT2D eigenvalue weighted by Crippen LogP contribution is 2.24. The van der Waals surface area contributed by atoms with Crippen LogP contribution in [0.2, 0.25) is 5.02 Å². The van der Waals surface area contributed by atoms with Crippen molar-refractivity contribution in [2.24, 2.45) is 0 Å². The van der Waals surface area contributed by atoms with Crippen molar-refractivity contribution in [3.8, 4) is 11.4 Å². The Bertz CT molecular complexity index is 992. The lowest BCUT2D eigenvalue weighted by Gasteiger charge is -2.33. The minimum atomic E-state index is -0.317. The van der Waals surface area contributed by atoms with E-state index >= 15 is 0 Å².